The highest BCUT2D eigenvalue weighted by molar-refractivity contribution is 7.19. The van der Waals surface area contributed by atoms with Gasteiger partial charge in [-0.1, -0.05) is 53.7 Å². The second kappa shape index (κ2) is 8.89. The minimum absolute atomic E-state index is 0.362. The average molecular weight is 407 g/mol. The summed E-state index contributed by atoms with van der Waals surface area (Å²) in [6.45, 7) is 0.829. The minimum Gasteiger partial charge on any atom is -0.386 e. The maximum absolute atomic E-state index is 10.5. The Kier molecular flexibility index (Phi) is 5.88. The van der Waals surface area contributed by atoms with Gasteiger partial charge < -0.3 is 20.3 Å². The lowest BCUT2D eigenvalue weighted by molar-refractivity contribution is 0.184. The largest absolute Gasteiger partial charge is 0.386 e. The predicted octanol–water partition coefficient (Wildman–Crippen LogP) is 3.95. The molecule has 6 nitrogen and oxygen atoms in total. The molecule has 0 bridgehead atoms. The molecule has 7 heteroatoms. The molecule has 0 aliphatic heterocycles. The van der Waals surface area contributed by atoms with Crippen LogP contribution in [0.4, 0.5) is 0 Å². The van der Waals surface area contributed by atoms with Gasteiger partial charge in [0.25, 0.3) is 0 Å². The highest BCUT2D eigenvalue weighted by atomic mass is 32.1. The summed E-state index contributed by atoms with van der Waals surface area (Å²) >= 11 is 1.60. The van der Waals surface area contributed by atoms with Gasteiger partial charge in [-0.3, -0.25) is 4.99 Å². The van der Waals surface area contributed by atoms with Gasteiger partial charge in [0.05, 0.1) is 6.54 Å². The molecule has 4 rings (SSSR count). The lowest BCUT2D eigenvalue weighted by Gasteiger charge is -2.13. The number of aliphatic imine (C=N–C) groups is 1. The fourth-order valence-electron chi connectivity index (χ4n) is 2.99. The normalized spacial score (nSPS) is 12.8. The Balaban J connectivity index is 1.31. The minimum atomic E-state index is -0.609. The first-order valence-electron chi connectivity index (χ1n) is 9.35. The van der Waals surface area contributed by atoms with Gasteiger partial charge in [-0.25, -0.2) is 0 Å². The molecule has 0 spiro atoms. The molecule has 29 heavy (non-hydrogen) atoms. The summed E-state index contributed by atoms with van der Waals surface area (Å²) in [5.41, 5.74) is 1.76. The zero-order valence-corrected chi connectivity index (χ0v) is 16.8. The van der Waals surface area contributed by atoms with E-state index in [1.165, 1.54) is 4.70 Å². The van der Waals surface area contributed by atoms with E-state index < -0.39 is 6.10 Å². The van der Waals surface area contributed by atoms with Crippen molar-refractivity contribution in [3.05, 3.63) is 77.3 Å². The van der Waals surface area contributed by atoms with Crippen molar-refractivity contribution in [2.24, 2.45) is 4.99 Å². The number of thiophene rings is 1. The number of benzene rings is 2. The van der Waals surface area contributed by atoms with Crippen LogP contribution in [-0.2, 0) is 6.54 Å². The molecular formula is C22H22N4O2S. The smallest absolute Gasteiger partial charge is 0.191 e. The average Bonchev–Trinajstić information content (AvgIpc) is 3.41. The molecule has 2 aromatic heterocycles. The lowest BCUT2D eigenvalue weighted by Crippen LogP contribution is -2.38. The van der Waals surface area contributed by atoms with Crippen LogP contribution in [0, 0.1) is 0 Å². The number of fused-ring (bicyclic) bond motifs is 1. The van der Waals surface area contributed by atoms with Gasteiger partial charge in [0, 0.05) is 34.8 Å². The Morgan fingerprint density at radius 1 is 1.10 bits per heavy atom. The molecule has 1 atom stereocenters. The van der Waals surface area contributed by atoms with E-state index in [1.807, 2.05) is 54.6 Å². The first-order chi connectivity index (χ1) is 14.2. The fraction of sp³-hybridized carbons (Fsp3) is 0.182. The van der Waals surface area contributed by atoms with Gasteiger partial charge in [-0.2, -0.15) is 0 Å². The van der Waals surface area contributed by atoms with Gasteiger partial charge in [-0.05, 0) is 17.5 Å². The van der Waals surface area contributed by atoms with Crippen LogP contribution >= 0.6 is 11.3 Å². The van der Waals surface area contributed by atoms with Crippen molar-refractivity contribution in [1.82, 2.24) is 15.8 Å². The molecule has 0 saturated carbocycles. The molecule has 0 radical (unpaired) electrons. The highest BCUT2D eigenvalue weighted by Gasteiger charge is 2.13. The van der Waals surface area contributed by atoms with Gasteiger partial charge in [0.1, 0.15) is 11.8 Å². The molecule has 0 saturated heterocycles. The number of nitrogens with one attached hydrogen (secondary N) is 2. The van der Waals surface area contributed by atoms with E-state index >= 15 is 0 Å². The number of hydrogen-bond acceptors (Lipinski definition) is 5. The van der Waals surface area contributed by atoms with Gasteiger partial charge in [0.2, 0.25) is 0 Å². The molecule has 0 amide bonds. The molecule has 1 unspecified atom stereocenters. The van der Waals surface area contributed by atoms with Crippen molar-refractivity contribution >= 4 is 27.4 Å². The first kappa shape index (κ1) is 19.2. The summed E-state index contributed by atoms with van der Waals surface area (Å²) in [6.07, 6.45) is -0.609. The maximum Gasteiger partial charge on any atom is 0.191 e. The molecular weight excluding hydrogens is 384 g/mol. The van der Waals surface area contributed by atoms with Gasteiger partial charge >= 0.3 is 0 Å². The van der Waals surface area contributed by atoms with Crippen molar-refractivity contribution in [1.29, 1.82) is 0 Å². The van der Waals surface area contributed by atoms with Crippen molar-refractivity contribution < 1.29 is 9.63 Å². The van der Waals surface area contributed by atoms with E-state index in [9.17, 15) is 5.11 Å². The quantitative estimate of drug-likeness (QED) is 0.334. The summed E-state index contributed by atoms with van der Waals surface area (Å²) < 4.78 is 6.58. The summed E-state index contributed by atoms with van der Waals surface area (Å²) in [4.78, 5) is 5.13. The highest BCUT2D eigenvalue weighted by Crippen LogP contribution is 2.29. The molecule has 3 N–H and O–H groups in total. The second-order valence-corrected chi connectivity index (χ2v) is 7.67. The molecule has 0 aliphatic carbocycles. The van der Waals surface area contributed by atoms with Crippen molar-refractivity contribution in [2.75, 3.05) is 13.6 Å². The van der Waals surface area contributed by atoms with Crippen LogP contribution < -0.4 is 10.6 Å². The zero-order chi connectivity index (χ0) is 20.1. The van der Waals surface area contributed by atoms with E-state index in [0.717, 1.165) is 27.3 Å². The number of nitrogens with zero attached hydrogens (tertiary/aromatic N) is 2. The summed E-state index contributed by atoms with van der Waals surface area (Å²) in [5.74, 6) is 1.32. The Labute approximate surface area is 172 Å². The van der Waals surface area contributed by atoms with Gasteiger partial charge in [0.15, 0.2) is 11.7 Å². The van der Waals surface area contributed by atoms with Crippen LogP contribution in [0.2, 0.25) is 0 Å². The topological polar surface area (TPSA) is 82.7 Å². The summed E-state index contributed by atoms with van der Waals surface area (Å²) in [7, 11) is 1.69. The molecule has 4 aromatic rings. The Bertz CT molecular complexity index is 1070. The van der Waals surface area contributed by atoms with E-state index in [-0.39, 0.29) is 0 Å². The number of guanidine groups is 1. The number of aromatic nitrogens is 1. The Morgan fingerprint density at radius 3 is 2.69 bits per heavy atom. The van der Waals surface area contributed by atoms with Crippen molar-refractivity contribution in [3.8, 4) is 11.3 Å². The lowest BCUT2D eigenvalue weighted by atomic mass is 10.2. The molecule has 0 aliphatic rings. The van der Waals surface area contributed by atoms with Crippen LogP contribution in [-0.4, -0.2) is 29.8 Å². The summed E-state index contributed by atoms with van der Waals surface area (Å²) in [5, 5.41) is 22.1. The standard InChI is InChI=1S/C22H22N4O2S/c1-23-22(24-13-17-12-19(28-26-17)15-7-3-2-4-8-15)25-14-18(27)21-11-16-9-5-6-10-20(16)29-21/h2-12,18,27H,13-14H2,1H3,(H2,23,24,25). The first-order valence-corrected chi connectivity index (χ1v) is 10.2. The third-order valence-electron chi connectivity index (χ3n) is 4.51. The number of hydrogen-bond donors (Lipinski definition) is 3. The third kappa shape index (κ3) is 4.64. The van der Waals surface area contributed by atoms with E-state index in [4.69, 9.17) is 4.52 Å². The summed E-state index contributed by atoms with van der Waals surface area (Å²) in [6, 6.07) is 21.9. The van der Waals surface area contributed by atoms with Crippen LogP contribution in [0.5, 0.6) is 0 Å². The maximum atomic E-state index is 10.5. The van der Waals surface area contributed by atoms with Crippen LogP contribution in [0.3, 0.4) is 0 Å². The van der Waals surface area contributed by atoms with E-state index in [1.54, 1.807) is 18.4 Å². The number of aliphatic hydroxyl groups excluding tert-OH is 1. The zero-order valence-electron chi connectivity index (χ0n) is 16.0. The van der Waals surface area contributed by atoms with Crippen molar-refractivity contribution in [2.45, 2.75) is 12.6 Å². The van der Waals surface area contributed by atoms with Crippen LogP contribution in [0.25, 0.3) is 21.4 Å². The number of aliphatic hydroxyl groups is 1. The second-order valence-electron chi connectivity index (χ2n) is 6.56. The Morgan fingerprint density at radius 2 is 1.90 bits per heavy atom. The van der Waals surface area contributed by atoms with Crippen molar-refractivity contribution in [3.63, 3.8) is 0 Å². The molecule has 0 fully saturated rings. The number of rotatable bonds is 6. The SMILES string of the molecule is CN=C(NCc1cc(-c2ccccc2)on1)NCC(O)c1cc2ccccc2s1. The Hall–Kier alpha value is -3.16. The van der Waals surface area contributed by atoms with Gasteiger partial charge in [-0.15, -0.1) is 11.3 Å². The molecule has 148 valence electrons. The van der Waals surface area contributed by atoms with E-state index in [2.05, 4.69) is 32.9 Å². The third-order valence-corrected chi connectivity index (χ3v) is 5.73. The van der Waals surface area contributed by atoms with Crippen LogP contribution in [0.15, 0.2) is 76.2 Å². The predicted molar refractivity (Wildman–Crippen MR) is 117 cm³/mol. The van der Waals surface area contributed by atoms with Crippen LogP contribution in [0.1, 0.15) is 16.7 Å². The fourth-order valence-corrected chi connectivity index (χ4v) is 4.04. The molecule has 2 heterocycles. The molecule has 2 aromatic carbocycles. The monoisotopic (exact) mass is 406 g/mol. The van der Waals surface area contributed by atoms with E-state index in [0.29, 0.717) is 19.0 Å².